The fourth-order valence-corrected chi connectivity index (χ4v) is 11.9. The van der Waals surface area contributed by atoms with Crippen LogP contribution in [0.15, 0.2) is 0 Å². The molecule has 0 saturated carbocycles. The van der Waals surface area contributed by atoms with Crippen molar-refractivity contribution < 1.29 is 80.2 Å². The summed E-state index contributed by atoms with van der Waals surface area (Å²) >= 11 is 0. The Morgan fingerprint density at radius 3 is 0.705 bits per heavy atom. The Hall–Kier alpha value is -1.94. The van der Waals surface area contributed by atoms with Crippen molar-refractivity contribution >= 4 is 39.5 Å². The van der Waals surface area contributed by atoms with Crippen molar-refractivity contribution in [1.29, 1.82) is 0 Å². The van der Waals surface area contributed by atoms with Gasteiger partial charge in [-0.2, -0.15) is 0 Å². The number of phosphoric ester groups is 2. The first-order chi connectivity index (χ1) is 42.1. The lowest BCUT2D eigenvalue weighted by atomic mass is 10.0. The fourth-order valence-electron chi connectivity index (χ4n) is 10.3. The maximum atomic E-state index is 13.0. The molecule has 19 heteroatoms. The van der Waals surface area contributed by atoms with Crippen LogP contribution in [-0.2, 0) is 65.4 Å². The second kappa shape index (κ2) is 58.8. The van der Waals surface area contributed by atoms with E-state index >= 15 is 0 Å². The summed E-state index contributed by atoms with van der Waals surface area (Å²) in [4.78, 5) is 72.4. The molecule has 17 nitrogen and oxygen atoms in total. The van der Waals surface area contributed by atoms with Gasteiger partial charge in [-0.1, -0.05) is 287 Å². The van der Waals surface area contributed by atoms with Crippen LogP contribution in [0.1, 0.15) is 338 Å². The van der Waals surface area contributed by atoms with Crippen molar-refractivity contribution in [3.63, 3.8) is 0 Å². The lowest BCUT2D eigenvalue weighted by molar-refractivity contribution is -0.161. The molecular weight excluding hydrogens is 1160 g/mol. The molecule has 0 bridgehead atoms. The van der Waals surface area contributed by atoms with Crippen molar-refractivity contribution in [2.24, 2.45) is 23.7 Å². The third-order valence-electron chi connectivity index (χ3n) is 15.8. The topological polar surface area (TPSA) is 237 Å². The maximum absolute atomic E-state index is 13.0. The first-order valence-electron chi connectivity index (χ1n) is 35.7. The summed E-state index contributed by atoms with van der Waals surface area (Å²) in [6.45, 7) is 14.0. The molecule has 88 heavy (non-hydrogen) atoms. The van der Waals surface area contributed by atoms with Crippen molar-refractivity contribution in [2.45, 2.75) is 356 Å². The number of aliphatic hydroxyl groups is 1. The average molecular weight is 1300 g/mol. The standard InChI is InChI=1S/C69H134O17P2/c1-59(2)45-37-29-21-16-12-10-9-11-13-18-24-33-41-49-66(71)79-55-64(85-68(73)51-43-35-25-19-15-14-17-22-30-38-46-60(3)4)57-83-87(75,76)81-53-63(70)54-82-88(77,78)84-58-65(56-80-67(72)50-42-34-28-27-32-40-48-62(7)8)86-69(74)52-44-36-26-20-23-31-39-47-61(5)6/h59-65,70H,9-58H2,1-8H3,(H,75,76)(H,77,78)/t63-,64-,65-/m1/s1. The fraction of sp³-hybridized carbons (Fsp3) is 0.942. The predicted molar refractivity (Wildman–Crippen MR) is 354 cm³/mol. The van der Waals surface area contributed by atoms with E-state index in [4.69, 9.17) is 37.0 Å². The normalized spacial score (nSPS) is 14.3. The summed E-state index contributed by atoms with van der Waals surface area (Å²) in [6, 6.07) is 0. The number of unbranched alkanes of at least 4 members (excludes halogenated alkanes) is 32. The van der Waals surface area contributed by atoms with Crippen LogP contribution >= 0.6 is 15.6 Å². The first-order valence-corrected chi connectivity index (χ1v) is 38.7. The van der Waals surface area contributed by atoms with Gasteiger partial charge < -0.3 is 33.8 Å². The van der Waals surface area contributed by atoms with E-state index in [1.54, 1.807) is 0 Å². The summed E-state index contributed by atoms with van der Waals surface area (Å²) in [5, 5.41) is 10.6. The Morgan fingerprint density at radius 1 is 0.284 bits per heavy atom. The minimum Gasteiger partial charge on any atom is -0.462 e. The summed E-state index contributed by atoms with van der Waals surface area (Å²) in [6.07, 6.45) is 40.6. The number of hydrogen-bond acceptors (Lipinski definition) is 15. The van der Waals surface area contributed by atoms with E-state index in [-0.39, 0.29) is 25.7 Å². The Labute approximate surface area is 537 Å². The molecule has 0 aliphatic carbocycles. The zero-order valence-electron chi connectivity index (χ0n) is 57.3. The van der Waals surface area contributed by atoms with Crippen LogP contribution in [0.25, 0.3) is 0 Å². The van der Waals surface area contributed by atoms with Crippen LogP contribution in [0.4, 0.5) is 0 Å². The number of carbonyl (C=O) groups excluding carboxylic acids is 4. The summed E-state index contributed by atoms with van der Waals surface area (Å²) in [7, 11) is -9.90. The van der Waals surface area contributed by atoms with Gasteiger partial charge in [0.25, 0.3) is 0 Å². The van der Waals surface area contributed by atoms with Crippen molar-refractivity contribution in [3.8, 4) is 0 Å². The molecule has 0 spiro atoms. The Kier molecular flexibility index (Phi) is 57.6. The average Bonchev–Trinajstić information content (AvgIpc) is 3.55. The SMILES string of the molecule is CC(C)CCCCCCCCCCCCCCCC(=O)OC[C@H](COP(=O)(O)OC[C@@H](O)COP(=O)(O)OC[C@@H](COC(=O)CCCCCCCCC(C)C)OC(=O)CCCCCCCCCC(C)C)OC(=O)CCCCCCCCCCCCC(C)C. The van der Waals surface area contributed by atoms with E-state index in [0.29, 0.717) is 37.5 Å². The van der Waals surface area contributed by atoms with Crippen LogP contribution in [0.2, 0.25) is 0 Å². The van der Waals surface area contributed by atoms with Gasteiger partial charge >= 0.3 is 39.5 Å². The Morgan fingerprint density at radius 2 is 0.477 bits per heavy atom. The molecule has 0 aromatic heterocycles. The van der Waals surface area contributed by atoms with Gasteiger partial charge in [0.1, 0.15) is 19.3 Å². The molecule has 5 atom stereocenters. The first kappa shape index (κ1) is 86.1. The molecule has 0 aliphatic heterocycles. The van der Waals surface area contributed by atoms with Gasteiger partial charge in [-0.25, -0.2) is 9.13 Å². The predicted octanol–water partition coefficient (Wildman–Crippen LogP) is 19.3. The summed E-state index contributed by atoms with van der Waals surface area (Å²) in [5.74, 6) is 0.784. The molecule has 0 rings (SSSR count). The van der Waals surface area contributed by atoms with Gasteiger partial charge in [0.05, 0.1) is 26.4 Å². The van der Waals surface area contributed by atoms with Crippen LogP contribution in [-0.4, -0.2) is 96.7 Å². The minimum atomic E-state index is -4.95. The molecule has 2 unspecified atom stereocenters. The highest BCUT2D eigenvalue weighted by Gasteiger charge is 2.30. The van der Waals surface area contributed by atoms with Gasteiger partial charge in [0, 0.05) is 25.7 Å². The molecule has 3 N–H and O–H groups in total. The molecule has 0 fully saturated rings. The molecule has 0 aromatic carbocycles. The number of esters is 4. The lowest BCUT2D eigenvalue weighted by Gasteiger charge is -2.21. The number of carbonyl (C=O) groups is 4. The second-order valence-electron chi connectivity index (χ2n) is 26.8. The maximum Gasteiger partial charge on any atom is 0.472 e. The Bertz CT molecular complexity index is 1750. The molecule has 522 valence electrons. The van der Waals surface area contributed by atoms with Gasteiger partial charge in [-0.05, 0) is 49.4 Å². The lowest BCUT2D eigenvalue weighted by Crippen LogP contribution is -2.30. The zero-order chi connectivity index (χ0) is 65.4. The summed E-state index contributed by atoms with van der Waals surface area (Å²) in [5.41, 5.74) is 0. The number of rotatable bonds is 66. The minimum absolute atomic E-state index is 0.102. The molecule has 0 radical (unpaired) electrons. The van der Waals surface area contributed by atoms with Crippen LogP contribution in [0.3, 0.4) is 0 Å². The molecule has 0 aromatic rings. The number of ether oxygens (including phenoxy) is 4. The highest BCUT2D eigenvalue weighted by atomic mass is 31.2. The Balaban J connectivity index is 5.23. The highest BCUT2D eigenvalue weighted by Crippen LogP contribution is 2.45. The largest absolute Gasteiger partial charge is 0.472 e. The van der Waals surface area contributed by atoms with Gasteiger partial charge in [-0.3, -0.25) is 37.3 Å². The van der Waals surface area contributed by atoms with Crippen LogP contribution in [0, 0.1) is 23.7 Å². The molecule has 0 heterocycles. The highest BCUT2D eigenvalue weighted by molar-refractivity contribution is 7.47. The van der Waals surface area contributed by atoms with E-state index in [0.717, 1.165) is 108 Å². The van der Waals surface area contributed by atoms with E-state index < -0.39 is 97.5 Å². The van der Waals surface area contributed by atoms with Crippen molar-refractivity contribution in [3.05, 3.63) is 0 Å². The quantitative estimate of drug-likeness (QED) is 0.0222. The van der Waals surface area contributed by atoms with Crippen LogP contribution in [0.5, 0.6) is 0 Å². The van der Waals surface area contributed by atoms with Crippen molar-refractivity contribution in [2.75, 3.05) is 39.6 Å². The third-order valence-corrected chi connectivity index (χ3v) is 17.7. The zero-order valence-corrected chi connectivity index (χ0v) is 59.1. The van der Waals surface area contributed by atoms with E-state index in [2.05, 4.69) is 55.4 Å². The number of aliphatic hydroxyl groups excluding tert-OH is 1. The number of phosphoric acid groups is 2. The van der Waals surface area contributed by atoms with Gasteiger partial charge in [0.15, 0.2) is 12.2 Å². The van der Waals surface area contributed by atoms with Crippen molar-refractivity contribution in [1.82, 2.24) is 0 Å². The molecule has 0 aliphatic rings. The monoisotopic (exact) mass is 1300 g/mol. The molecule has 0 amide bonds. The van der Waals surface area contributed by atoms with E-state index in [1.165, 1.54) is 135 Å². The number of hydrogen-bond donors (Lipinski definition) is 3. The van der Waals surface area contributed by atoms with Crippen LogP contribution < -0.4 is 0 Å². The van der Waals surface area contributed by atoms with Gasteiger partial charge in [-0.15, -0.1) is 0 Å². The van der Waals surface area contributed by atoms with E-state index in [9.17, 15) is 43.2 Å². The van der Waals surface area contributed by atoms with Gasteiger partial charge in [0.2, 0.25) is 0 Å². The second-order valence-corrected chi connectivity index (χ2v) is 29.7. The summed E-state index contributed by atoms with van der Waals surface area (Å²) < 4.78 is 68.2. The third kappa shape index (κ3) is 62.8. The molecular formula is C69H134O17P2. The van der Waals surface area contributed by atoms with E-state index in [1.807, 2.05) is 0 Å². The smallest absolute Gasteiger partial charge is 0.462 e. The molecule has 0 saturated heterocycles.